The van der Waals surface area contributed by atoms with E-state index in [-0.39, 0.29) is 0 Å². The molecule has 4 heteroatoms. The first-order chi connectivity index (χ1) is 6.42. The summed E-state index contributed by atoms with van der Waals surface area (Å²) in [6.45, 7) is 0. The van der Waals surface area contributed by atoms with Crippen LogP contribution in [-0.4, -0.2) is 21.4 Å². The van der Waals surface area contributed by atoms with Gasteiger partial charge in [0.1, 0.15) is 6.33 Å². The molecule has 0 fully saturated rings. The highest BCUT2D eigenvalue weighted by Crippen LogP contribution is 2.11. The van der Waals surface area contributed by atoms with Crippen LogP contribution in [0.15, 0.2) is 35.7 Å². The maximum Gasteiger partial charge on any atom is 0.116 e. The van der Waals surface area contributed by atoms with Gasteiger partial charge < -0.3 is 5.21 Å². The standard InChI is InChI=1S/C9H7N3O/c13-12-5-9-7-3-1-2-4-8(7)10-6-11-9/h1-6,13H/b12-5+. The fourth-order valence-electron chi connectivity index (χ4n) is 1.18. The predicted molar refractivity (Wildman–Crippen MR) is 48.9 cm³/mol. The summed E-state index contributed by atoms with van der Waals surface area (Å²) in [7, 11) is 0. The first kappa shape index (κ1) is 7.67. The molecule has 0 saturated heterocycles. The van der Waals surface area contributed by atoms with Gasteiger partial charge in [-0.3, -0.25) is 0 Å². The summed E-state index contributed by atoms with van der Waals surface area (Å²) in [6.07, 6.45) is 2.74. The molecular formula is C9H7N3O. The van der Waals surface area contributed by atoms with E-state index >= 15 is 0 Å². The minimum Gasteiger partial charge on any atom is -0.411 e. The molecule has 4 nitrogen and oxygen atoms in total. The van der Waals surface area contributed by atoms with Gasteiger partial charge in [0.05, 0.1) is 17.4 Å². The molecule has 0 aliphatic rings. The average molecular weight is 173 g/mol. The van der Waals surface area contributed by atoms with Gasteiger partial charge in [-0.1, -0.05) is 23.4 Å². The summed E-state index contributed by atoms with van der Waals surface area (Å²) < 4.78 is 0. The van der Waals surface area contributed by atoms with E-state index in [2.05, 4.69) is 15.1 Å². The normalized spacial score (nSPS) is 11.1. The Kier molecular flexibility index (Phi) is 1.88. The molecule has 0 unspecified atom stereocenters. The molecule has 1 aromatic carbocycles. The van der Waals surface area contributed by atoms with E-state index in [1.807, 2.05) is 24.3 Å². The summed E-state index contributed by atoms with van der Waals surface area (Å²) in [4.78, 5) is 8.05. The van der Waals surface area contributed by atoms with E-state index in [1.165, 1.54) is 12.5 Å². The molecule has 0 spiro atoms. The summed E-state index contributed by atoms with van der Waals surface area (Å²) >= 11 is 0. The Hall–Kier alpha value is -1.97. The molecule has 0 bridgehead atoms. The topological polar surface area (TPSA) is 58.4 Å². The summed E-state index contributed by atoms with van der Waals surface area (Å²) in [5, 5.41) is 12.2. The molecule has 2 rings (SSSR count). The summed E-state index contributed by atoms with van der Waals surface area (Å²) in [6, 6.07) is 7.55. The second-order valence-corrected chi connectivity index (χ2v) is 2.52. The van der Waals surface area contributed by atoms with Crippen molar-refractivity contribution in [1.82, 2.24) is 9.97 Å². The number of nitrogens with zero attached hydrogens (tertiary/aromatic N) is 3. The second-order valence-electron chi connectivity index (χ2n) is 2.52. The SMILES string of the molecule is O/N=C/c1ncnc2ccccc12. The molecule has 1 aromatic heterocycles. The first-order valence-electron chi connectivity index (χ1n) is 3.79. The third kappa shape index (κ3) is 1.33. The van der Waals surface area contributed by atoms with Crippen molar-refractivity contribution in [1.29, 1.82) is 0 Å². The maximum atomic E-state index is 8.39. The number of para-hydroxylation sites is 1. The van der Waals surface area contributed by atoms with Crippen LogP contribution in [0.5, 0.6) is 0 Å². The molecule has 0 radical (unpaired) electrons. The number of benzene rings is 1. The van der Waals surface area contributed by atoms with Gasteiger partial charge >= 0.3 is 0 Å². The third-order valence-electron chi connectivity index (χ3n) is 1.75. The van der Waals surface area contributed by atoms with Gasteiger partial charge in [-0.2, -0.15) is 0 Å². The highest BCUT2D eigenvalue weighted by Gasteiger charge is 1.98. The van der Waals surface area contributed by atoms with E-state index in [9.17, 15) is 0 Å². The molecule has 2 aromatic rings. The Labute approximate surface area is 74.6 Å². The monoisotopic (exact) mass is 173 g/mol. The quantitative estimate of drug-likeness (QED) is 0.403. The lowest BCUT2D eigenvalue weighted by atomic mass is 10.2. The highest BCUT2D eigenvalue weighted by atomic mass is 16.4. The van der Waals surface area contributed by atoms with Gasteiger partial charge in [0, 0.05) is 5.39 Å². The third-order valence-corrected chi connectivity index (χ3v) is 1.75. The number of hydrogen-bond donors (Lipinski definition) is 1. The maximum absolute atomic E-state index is 8.39. The molecule has 1 heterocycles. The van der Waals surface area contributed by atoms with Crippen molar-refractivity contribution >= 4 is 17.1 Å². The lowest BCUT2D eigenvalue weighted by molar-refractivity contribution is 0.321. The number of rotatable bonds is 1. The second kappa shape index (κ2) is 3.18. The van der Waals surface area contributed by atoms with Crippen molar-refractivity contribution in [3.05, 3.63) is 36.3 Å². The Morgan fingerprint density at radius 1 is 1.23 bits per heavy atom. The molecular weight excluding hydrogens is 166 g/mol. The largest absolute Gasteiger partial charge is 0.411 e. The van der Waals surface area contributed by atoms with Crippen LogP contribution in [0.1, 0.15) is 5.69 Å². The van der Waals surface area contributed by atoms with Gasteiger partial charge in [-0.15, -0.1) is 0 Å². The van der Waals surface area contributed by atoms with Crippen molar-refractivity contribution in [2.75, 3.05) is 0 Å². The van der Waals surface area contributed by atoms with Crippen LogP contribution in [0.25, 0.3) is 10.9 Å². The fourth-order valence-corrected chi connectivity index (χ4v) is 1.18. The van der Waals surface area contributed by atoms with Crippen LogP contribution in [0.3, 0.4) is 0 Å². The van der Waals surface area contributed by atoms with Gasteiger partial charge in [0.25, 0.3) is 0 Å². The van der Waals surface area contributed by atoms with Crippen LogP contribution in [0.4, 0.5) is 0 Å². The number of oxime groups is 1. The first-order valence-corrected chi connectivity index (χ1v) is 3.79. The summed E-state index contributed by atoms with van der Waals surface area (Å²) in [5.74, 6) is 0. The van der Waals surface area contributed by atoms with E-state index in [0.29, 0.717) is 5.69 Å². The van der Waals surface area contributed by atoms with Crippen molar-refractivity contribution in [2.45, 2.75) is 0 Å². The van der Waals surface area contributed by atoms with Crippen molar-refractivity contribution in [3.63, 3.8) is 0 Å². The Balaban J connectivity index is 2.75. The highest BCUT2D eigenvalue weighted by molar-refractivity contribution is 5.95. The van der Waals surface area contributed by atoms with Gasteiger partial charge in [-0.25, -0.2) is 9.97 Å². The zero-order valence-electron chi connectivity index (χ0n) is 6.75. The van der Waals surface area contributed by atoms with E-state index < -0.39 is 0 Å². The number of fused-ring (bicyclic) bond motifs is 1. The minimum absolute atomic E-state index is 0.619. The minimum atomic E-state index is 0.619. The fraction of sp³-hybridized carbons (Fsp3) is 0. The van der Waals surface area contributed by atoms with Crippen LogP contribution < -0.4 is 0 Å². The molecule has 0 amide bonds. The lowest BCUT2D eigenvalue weighted by Crippen LogP contribution is -1.91. The van der Waals surface area contributed by atoms with Crippen molar-refractivity contribution in [3.8, 4) is 0 Å². The smallest absolute Gasteiger partial charge is 0.116 e. The molecule has 0 aliphatic carbocycles. The van der Waals surface area contributed by atoms with Crippen LogP contribution in [0, 0.1) is 0 Å². The van der Waals surface area contributed by atoms with E-state index in [0.717, 1.165) is 10.9 Å². The van der Waals surface area contributed by atoms with Crippen LogP contribution in [0.2, 0.25) is 0 Å². The zero-order chi connectivity index (χ0) is 9.10. The molecule has 13 heavy (non-hydrogen) atoms. The Morgan fingerprint density at radius 3 is 2.92 bits per heavy atom. The van der Waals surface area contributed by atoms with Crippen LogP contribution >= 0.6 is 0 Å². The average Bonchev–Trinajstić information content (AvgIpc) is 2.19. The number of hydrogen-bond acceptors (Lipinski definition) is 4. The predicted octanol–water partition coefficient (Wildman–Crippen LogP) is 1.44. The van der Waals surface area contributed by atoms with Gasteiger partial charge in [0.2, 0.25) is 0 Å². The van der Waals surface area contributed by atoms with Crippen molar-refractivity contribution < 1.29 is 5.21 Å². The van der Waals surface area contributed by atoms with Crippen LogP contribution in [-0.2, 0) is 0 Å². The van der Waals surface area contributed by atoms with Crippen molar-refractivity contribution in [2.24, 2.45) is 5.16 Å². The Morgan fingerprint density at radius 2 is 2.08 bits per heavy atom. The van der Waals surface area contributed by atoms with Gasteiger partial charge in [-0.05, 0) is 6.07 Å². The summed E-state index contributed by atoms with van der Waals surface area (Å²) in [5.41, 5.74) is 1.46. The Bertz CT molecular complexity index is 448. The van der Waals surface area contributed by atoms with E-state index in [4.69, 9.17) is 5.21 Å². The lowest BCUT2D eigenvalue weighted by Gasteiger charge is -1.97. The zero-order valence-corrected chi connectivity index (χ0v) is 6.75. The number of aromatic nitrogens is 2. The molecule has 64 valence electrons. The molecule has 1 N–H and O–H groups in total. The van der Waals surface area contributed by atoms with E-state index in [1.54, 1.807) is 0 Å². The molecule has 0 atom stereocenters. The van der Waals surface area contributed by atoms with Gasteiger partial charge in [0.15, 0.2) is 0 Å². The molecule has 0 saturated carbocycles. The molecule has 0 aliphatic heterocycles.